The third-order valence-corrected chi connectivity index (χ3v) is 4.27. The molecule has 0 saturated heterocycles. The lowest BCUT2D eigenvalue weighted by Gasteiger charge is -2.31. The van der Waals surface area contributed by atoms with Gasteiger partial charge in [0.25, 0.3) is 0 Å². The van der Waals surface area contributed by atoms with E-state index in [1.165, 1.54) is 0 Å². The molecule has 0 heterocycles. The first kappa shape index (κ1) is 20.3. The summed E-state index contributed by atoms with van der Waals surface area (Å²) in [6, 6.07) is 7.86. The Balaban J connectivity index is 2.85. The molecule has 0 fully saturated rings. The summed E-state index contributed by atoms with van der Waals surface area (Å²) in [5.41, 5.74) is 0.532. The molecule has 0 unspecified atom stereocenters. The average Bonchev–Trinajstić information content (AvgIpc) is 2.46. The number of hydrogen-bond donors (Lipinski definition) is 4. The van der Waals surface area contributed by atoms with Gasteiger partial charge in [-0.15, -0.1) is 0 Å². The van der Waals surface area contributed by atoms with Crippen molar-refractivity contribution < 1.29 is 15.0 Å². The Labute approximate surface area is 145 Å². The molecule has 4 N–H and O–H groups in total. The van der Waals surface area contributed by atoms with Crippen molar-refractivity contribution in [1.82, 2.24) is 5.32 Å². The maximum absolute atomic E-state index is 11.1. The van der Waals surface area contributed by atoms with E-state index in [9.17, 15) is 9.90 Å². The third kappa shape index (κ3) is 6.04. The third-order valence-electron chi connectivity index (χ3n) is 4.27. The molecule has 24 heavy (non-hydrogen) atoms. The zero-order valence-electron chi connectivity index (χ0n) is 15.4. The molecule has 0 spiro atoms. The van der Waals surface area contributed by atoms with Crippen LogP contribution in [0.3, 0.4) is 0 Å². The first-order chi connectivity index (χ1) is 11.2. The number of aliphatic hydroxyl groups is 1. The van der Waals surface area contributed by atoms with Crippen LogP contribution in [0.5, 0.6) is 0 Å². The first-order valence-electron chi connectivity index (χ1n) is 8.81. The molecule has 0 aliphatic rings. The topological polar surface area (TPSA) is 81.6 Å². The van der Waals surface area contributed by atoms with Crippen LogP contribution in [0, 0.1) is 0 Å². The van der Waals surface area contributed by atoms with Crippen molar-refractivity contribution >= 4 is 11.8 Å². The number of nitrogens with one attached hydrogen (secondary N) is 2. The molecule has 0 aliphatic carbocycles. The number of anilines is 1. The van der Waals surface area contributed by atoms with Crippen molar-refractivity contribution in [3.05, 3.63) is 29.8 Å². The Hall–Kier alpha value is -1.75. The minimum atomic E-state index is -1.01. The number of carbonyl (C=O) groups is 1. The largest absolute Gasteiger partial charge is 0.465 e. The number of para-hydroxylation sites is 1. The van der Waals surface area contributed by atoms with E-state index >= 15 is 0 Å². The van der Waals surface area contributed by atoms with Gasteiger partial charge in [-0.2, -0.15) is 0 Å². The molecule has 1 aromatic rings. The molecule has 0 atom stereocenters. The van der Waals surface area contributed by atoms with Crippen molar-refractivity contribution in [2.45, 2.75) is 70.9 Å². The predicted molar refractivity (Wildman–Crippen MR) is 98.5 cm³/mol. The van der Waals surface area contributed by atoms with E-state index in [4.69, 9.17) is 5.11 Å². The smallest absolute Gasteiger partial charge is 0.405 e. The number of hydrogen-bond acceptors (Lipinski definition) is 3. The maximum atomic E-state index is 11.1. The van der Waals surface area contributed by atoms with Gasteiger partial charge >= 0.3 is 6.09 Å². The SMILES string of the molecule is CCCC(O)(CCC)c1ccccc1NCCC(C)(C)NC(=O)O. The molecule has 5 heteroatoms. The standard InChI is InChI=1S/C19H32N2O3/c1-5-11-19(24,12-6-2)15-9-7-8-10-16(15)20-14-13-18(3,4)21-17(22)23/h7-10,20-21,24H,5-6,11-14H2,1-4H3,(H,22,23). The summed E-state index contributed by atoms with van der Waals surface area (Å²) in [5, 5.41) is 25.9. The Morgan fingerprint density at radius 3 is 2.21 bits per heavy atom. The minimum Gasteiger partial charge on any atom is -0.465 e. The normalized spacial score (nSPS) is 12.0. The van der Waals surface area contributed by atoms with Crippen LogP contribution in [0.4, 0.5) is 10.5 Å². The molecule has 0 radical (unpaired) electrons. The Morgan fingerprint density at radius 2 is 1.67 bits per heavy atom. The molecule has 5 nitrogen and oxygen atoms in total. The summed E-state index contributed by atoms with van der Waals surface area (Å²) in [6.07, 6.45) is 2.92. The Bertz CT molecular complexity index is 523. The molecule has 1 aromatic carbocycles. The van der Waals surface area contributed by atoms with Crippen LogP contribution in [0.15, 0.2) is 24.3 Å². The predicted octanol–water partition coefficient (Wildman–Crippen LogP) is 4.32. The fraction of sp³-hybridized carbons (Fsp3) is 0.632. The van der Waals surface area contributed by atoms with Crippen LogP contribution in [0.1, 0.15) is 65.4 Å². The lowest BCUT2D eigenvalue weighted by atomic mass is 9.84. The summed E-state index contributed by atoms with van der Waals surface area (Å²) >= 11 is 0. The van der Waals surface area contributed by atoms with Gasteiger partial charge in [0.15, 0.2) is 0 Å². The second-order valence-corrected chi connectivity index (χ2v) is 7.07. The van der Waals surface area contributed by atoms with Crippen molar-refractivity contribution in [2.24, 2.45) is 0 Å². The summed E-state index contributed by atoms with van der Waals surface area (Å²) in [5.74, 6) is 0. The summed E-state index contributed by atoms with van der Waals surface area (Å²) in [6.45, 7) is 8.50. The van der Waals surface area contributed by atoms with Crippen LogP contribution in [0.2, 0.25) is 0 Å². The highest BCUT2D eigenvalue weighted by molar-refractivity contribution is 5.65. The van der Waals surface area contributed by atoms with Gasteiger partial charge in [0.1, 0.15) is 0 Å². The fourth-order valence-electron chi connectivity index (χ4n) is 3.13. The van der Waals surface area contributed by atoms with Crippen molar-refractivity contribution in [2.75, 3.05) is 11.9 Å². The highest BCUT2D eigenvalue weighted by atomic mass is 16.4. The van der Waals surface area contributed by atoms with E-state index in [0.717, 1.165) is 36.9 Å². The van der Waals surface area contributed by atoms with Crippen LogP contribution in [0.25, 0.3) is 0 Å². The van der Waals surface area contributed by atoms with Crippen LogP contribution in [-0.4, -0.2) is 28.4 Å². The minimum absolute atomic E-state index is 0.503. The van der Waals surface area contributed by atoms with Crippen molar-refractivity contribution in [3.63, 3.8) is 0 Å². The molecule has 0 bridgehead atoms. The molecule has 0 aromatic heterocycles. The fourth-order valence-corrected chi connectivity index (χ4v) is 3.13. The molecule has 136 valence electrons. The van der Waals surface area contributed by atoms with Gasteiger partial charge in [-0.3, -0.25) is 0 Å². The van der Waals surface area contributed by atoms with Gasteiger partial charge in [-0.25, -0.2) is 4.79 Å². The molecule has 0 saturated carbocycles. The van der Waals surface area contributed by atoms with Crippen molar-refractivity contribution in [1.29, 1.82) is 0 Å². The first-order valence-corrected chi connectivity index (χ1v) is 8.81. The zero-order chi connectivity index (χ0) is 18.2. The van der Waals surface area contributed by atoms with Gasteiger partial charge in [0.05, 0.1) is 5.60 Å². The molecule has 1 rings (SSSR count). The van der Waals surface area contributed by atoms with Gasteiger partial charge in [-0.1, -0.05) is 44.9 Å². The second kappa shape index (κ2) is 8.92. The lowest BCUT2D eigenvalue weighted by Crippen LogP contribution is -2.43. The number of rotatable bonds is 10. The van der Waals surface area contributed by atoms with Crippen LogP contribution in [-0.2, 0) is 5.60 Å². The lowest BCUT2D eigenvalue weighted by molar-refractivity contribution is 0.0176. The molecule has 1 amide bonds. The van der Waals surface area contributed by atoms with E-state index in [1.807, 2.05) is 38.1 Å². The van der Waals surface area contributed by atoms with Crippen LogP contribution >= 0.6 is 0 Å². The molecular formula is C19H32N2O3. The summed E-state index contributed by atoms with van der Waals surface area (Å²) < 4.78 is 0. The highest BCUT2D eigenvalue weighted by Gasteiger charge is 2.29. The molecular weight excluding hydrogens is 304 g/mol. The van der Waals surface area contributed by atoms with Gasteiger partial charge in [-0.05, 0) is 39.2 Å². The highest BCUT2D eigenvalue weighted by Crippen LogP contribution is 2.36. The van der Waals surface area contributed by atoms with E-state index < -0.39 is 17.2 Å². The summed E-state index contributed by atoms with van der Waals surface area (Å²) in [7, 11) is 0. The maximum Gasteiger partial charge on any atom is 0.405 e. The average molecular weight is 336 g/mol. The number of amides is 1. The van der Waals surface area contributed by atoms with E-state index in [1.54, 1.807) is 0 Å². The second-order valence-electron chi connectivity index (χ2n) is 7.07. The van der Waals surface area contributed by atoms with E-state index in [0.29, 0.717) is 13.0 Å². The van der Waals surface area contributed by atoms with Crippen LogP contribution < -0.4 is 10.6 Å². The zero-order valence-corrected chi connectivity index (χ0v) is 15.4. The quantitative estimate of drug-likeness (QED) is 0.513. The van der Waals surface area contributed by atoms with E-state index in [2.05, 4.69) is 24.5 Å². The number of benzene rings is 1. The number of carboxylic acid groups (broad SMARTS) is 1. The van der Waals surface area contributed by atoms with Crippen molar-refractivity contribution in [3.8, 4) is 0 Å². The molecule has 0 aliphatic heterocycles. The Kier molecular flexibility index (Phi) is 7.55. The van der Waals surface area contributed by atoms with Gasteiger partial charge < -0.3 is 20.8 Å². The Morgan fingerprint density at radius 1 is 1.08 bits per heavy atom. The van der Waals surface area contributed by atoms with Gasteiger partial charge in [0, 0.05) is 23.3 Å². The monoisotopic (exact) mass is 336 g/mol. The van der Waals surface area contributed by atoms with E-state index in [-0.39, 0.29) is 0 Å². The van der Waals surface area contributed by atoms with Gasteiger partial charge in [0.2, 0.25) is 0 Å². The summed E-state index contributed by atoms with van der Waals surface area (Å²) in [4.78, 5) is 10.8.